The lowest BCUT2D eigenvalue weighted by atomic mass is 10.2. The van der Waals surface area contributed by atoms with Crippen LogP contribution in [0.15, 0.2) is 23.1 Å². The number of amides is 1. The van der Waals surface area contributed by atoms with Crippen LogP contribution in [0.1, 0.15) is 25.7 Å². The Balaban J connectivity index is 1.89. The largest absolute Gasteiger partial charge is 0.352 e. The van der Waals surface area contributed by atoms with Gasteiger partial charge >= 0.3 is 0 Å². The lowest BCUT2D eigenvalue weighted by Crippen LogP contribution is -2.46. The van der Waals surface area contributed by atoms with Gasteiger partial charge in [0.25, 0.3) is 0 Å². The molecule has 1 heterocycles. The molecule has 0 spiro atoms. The van der Waals surface area contributed by atoms with E-state index in [4.69, 9.17) is 0 Å². The molecule has 1 aromatic carbocycles. The summed E-state index contributed by atoms with van der Waals surface area (Å²) in [6.45, 7) is 0.126. The molecule has 1 aliphatic heterocycles. The first kappa shape index (κ1) is 15.4. The Kier molecular flexibility index (Phi) is 3.90. The van der Waals surface area contributed by atoms with Gasteiger partial charge in [-0.05, 0) is 43.9 Å². The number of nitrogens with one attached hydrogen (secondary N) is 1. The van der Waals surface area contributed by atoms with E-state index in [0.717, 1.165) is 29.3 Å². The average Bonchev–Trinajstić information content (AvgIpc) is 3.13. The fraction of sp³-hybridized carbons (Fsp3) is 0.500. The zero-order valence-corrected chi connectivity index (χ0v) is 12.6. The molecule has 0 bridgehead atoms. The maximum Gasteiger partial charge on any atom is 0.246 e. The van der Waals surface area contributed by atoms with Crippen LogP contribution in [0.3, 0.4) is 0 Å². The van der Waals surface area contributed by atoms with E-state index in [9.17, 15) is 22.0 Å². The number of rotatable bonds is 4. The zero-order valence-electron chi connectivity index (χ0n) is 11.8. The molecule has 1 unspecified atom stereocenters. The van der Waals surface area contributed by atoms with Gasteiger partial charge in [0, 0.05) is 12.6 Å². The van der Waals surface area contributed by atoms with E-state index in [-0.39, 0.29) is 18.5 Å². The molecule has 1 N–H and O–H groups in total. The molecule has 5 nitrogen and oxygen atoms in total. The van der Waals surface area contributed by atoms with Gasteiger partial charge in [0.1, 0.15) is 22.6 Å². The quantitative estimate of drug-likeness (QED) is 0.907. The smallest absolute Gasteiger partial charge is 0.246 e. The van der Waals surface area contributed by atoms with Crippen LogP contribution >= 0.6 is 0 Å². The predicted octanol–water partition coefficient (Wildman–Crippen LogP) is 1.40. The fourth-order valence-corrected chi connectivity index (χ4v) is 4.35. The first-order chi connectivity index (χ1) is 10.4. The summed E-state index contributed by atoms with van der Waals surface area (Å²) < 4.78 is 53.2. The van der Waals surface area contributed by atoms with Crippen molar-refractivity contribution < 1.29 is 22.0 Å². The van der Waals surface area contributed by atoms with Gasteiger partial charge in [-0.3, -0.25) is 4.79 Å². The number of benzene rings is 1. The highest BCUT2D eigenvalue weighted by Crippen LogP contribution is 2.29. The second-order valence-corrected chi connectivity index (χ2v) is 7.49. The molecular weight excluding hydrogens is 314 g/mol. The second kappa shape index (κ2) is 5.58. The van der Waals surface area contributed by atoms with Crippen LogP contribution in [0, 0.1) is 11.6 Å². The molecule has 0 radical (unpaired) electrons. The summed E-state index contributed by atoms with van der Waals surface area (Å²) >= 11 is 0. The summed E-state index contributed by atoms with van der Waals surface area (Å²) in [6, 6.07) is 1.54. The summed E-state index contributed by atoms with van der Waals surface area (Å²) in [5.74, 6) is -2.21. The van der Waals surface area contributed by atoms with Crippen molar-refractivity contribution in [3.8, 4) is 0 Å². The highest BCUT2D eigenvalue weighted by Gasteiger charge is 2.41. The standard InChI is InChI=1S/C14H16F2N2O3S/c15-9-3-6-11(16)13(8-9)22(20,21)18-7-1-2-12(18)14(19)17-10-4-5-10/h3,6,8,10,12H,1-2,4-5,7H2,(H,17,19). The van der Waals surface area contributed by atoms with Crippen LogP contribution in [0.4, 0.5) is 8.78 Å². The second-order valence-electron chi connectivity index (χ2n) is 5.63. The molecule has 22 heavy (non-hydrogen) atoms. The number of carbonyl (C=O) groups is 1. The average molecular weight is 330 g/mol. The number of halogens is 2. The number of nitrogens with zero attached hydrogens (tertiary/aromatic N) is 1. The Morgan fingerprint density at radius 3 is 2.64 bits per heavy atom. The summed E-state index contributed by atoms with van der Waals surface area (Å²) in [6.07, 6.45) is 2.68. The summed E-state index contributed by atoms with van der Waals surface area (Å²) in [7, 11) is -4.24. The molecule has 1 atom stereocenters. The minimum atomic E-state index is -4.24. The zero-order chi connectivity index (χ0) is 15.9. The maximum atomic E-state index is 13.8. The molecule has 1 amide bonds. The third kappa shape index (κ3) is 2.85. The molecular formula is C14H16F2N2O3S. The molecule has 0 aromatic heterocycles. The third-order valence-corrected chi connectivity index (χ3v) is 5.83. The van der Waals surface area contributed by atoms with Crippen LogP contribution in [0.2, 0.25) is 0 Å². The molecule has 1 aliphatic carbocycles. The van der Waals surface area contributed by atoms with Gasteiger partial charge in [0.2, 0.25) is 15.9 Å². The van der Waals surface area contributed by atoms with Gasteiger partial charge in [-0.15, -0.1) is 0 Å². The lowest BCUT2D eigenvalue weighted by molar-refractivity contribution is -0.124. The number of hydrogen-bond donors (Lipinski definition) is 1. The van der Waals surface area contributed by atoms with Crippen LogP contribution in [0.5, 0.6) is 0 Å². The minimum absolute atomic E-state index is 0.114. The number of carbonyl (C=O) groups excluding carboxylic acids is 1. The summed E-state index contributed by atoms with van der Waals surface area (Å²) in [4.78, 5) is 11.4. The summed E-state index contributed by atoms with van der Waals surface area (Å²) in [5.41, 5.74) is 0. The Morgan fingerprint density at radius 2 is 1.95 bits per heavy atom. The molecule has 2 aliphatic rings. The topological polar surface area (TPSA) is 66.5 Å². The maximum absolute atomic E-state index is 13.8. The Hall–Kier alpha value is -1.54. The molecule has 3 rings (SSSR count). The van der Waals surface area contributed by atoms with Crippen LogP contribution < -0.4 is 5.32 Å². The van der Waals surface area contributed by atoms with Gasteiger partial charge in [-0.2, -0.15) is 4.31 Å². The van der Waals surface area contributed by atoms with Crippen molar-refractivity contribution in [1.82, 2.24) is 9.62 Å². The van der Waals surface area contributed by atoms with Gasteiger partial charge in [-0.1, -0.05) is 0 Å². The van der Waals surface area contributed by atoms with E-state index in [2.05, 4.69) is 5.32 Å². The minimum Gasteiger partial charge on any atom is -0.352 e. The van der Waals surface area contributed by atoms with Gasteiger partial charge in [0.05, 0.1) is 0 Å². The predicted molar refractivity (Wildman–Crippen MR) is 74.4 cm³/mol. The van der Waals surface area contributed by atoms with Crippen molar-refractivity contribution >= 4 is 15.9 Å². The van der Waals surface area contributed by atoms with E-state index >= 15 is 0 Å². The van der Waals surface area contributed by atoms with Crippen molar-refractivity contribution in [2.75, 3.05) is 6.54 Å². The molecule has 8 heteroatoms. The van der Waals surface area contributed by atoms with E-state index in [1.807, 2.05) is 0 Å². The first-order valence-corrected chi connectivity index (χ1v) is 8.61. The molecule has 1 saturated heterocycles. The van der Waals surface area contributed by atoms with Gasteiger partial charge in [0.15, 0.2) is 0 Å². The Labute approximate surface area is 127 Å². The van der Waals surface area contributed by atoms with E-state index in [1.54, 1.807) is 0 Å². The van der Waals surface area contributed by atoms with Crippen molar-refractivity contribution in [3.63, 3.8) is 0 Å². The van der Waals surface area contributed by atoms with Crippen LogP contribution in [-0.2, 0) is 14.8 Å². The number of sulfonamides is 1. The van der Waals surface area contributed by atoms with Gasteiger partial charge in [-0.25, -0.2) is 17.2 Å². The van der Waals surface area contributed by atoms with Crippen molar-refractivity contribution in [1.29, 1.82) is 0 Å². The van der Waals surface area contributed by atoms with Crippen molar-refractivity contribution in [2.24, 2.45) is 0 Å². The molecule has 120 valence electrons. The Morgan fingerprint density at radius 1 is 1.23 bits per heavy atom. The van der Waals surface area contributed by atoms with Crippen molar-refractivity contribution in [2.45, 2.75) is 42.7 Å². The first-order valence-electron chi connectivity index (χ1n) is 7.17. The van der Waals surface area contributed by atoms with E-state index in [0.29, 0.717) is 18.9 Å². The third-order valence-electron chi connectivity index (χ3n) is 3.91. The van der Waals surface area contributed by atoms with Crippen molar-refractivity contribution in [3.05, 3.63) is 29.8 Å². The normalized spacial score (nSPS) is 22.7. The summed E-state index contributed by atoms with van der Waals surface area (Å²) in [5, 5.41) is 2.76. The molecule has 1 saturated carbocycles. The van der Waals surface area contributed by atoms with Gasteiger partial charge < -0.3 is 5.32 Å². The molecule has 1 aromatic rings. The van der Waals surface area contributed by atoms with Crippen LogP contribution in [0.25, 0.3) is 0 Å². The SMILES string of the molecule is O=C(NC1CC1)C1CCCN1S(=O)(=O)c1cc(F)ccc1F. The number of hydrogen-bond acceptors (Lipinski definition) is 3. The highest BCUT2D eigenvalue weighted by atomic mass is 32.2. The van der Waals surface area contributed by atoms with E-state index in [1.165, 1.54) is 0 Å². The van der Waals surface area contributed by atoms with Crippen LogP contribution in [-0.4, -0.2) is 37.3 Å². The monoisotopic (exact) mass is 330 g/mol. The Bertz CT molecular complexity index is 704. The fourth-order valence-electron chi connectivity index (χ4n) is 2.62. The molecule has 2 fully saturated rings. The lowest BCUT2D eigenvalue weighted by Gasteiger charge is -2.23. The highest BCUT2D eigenvalue weighted by molar-refractivity contribution is 7.89. The van der Waals surface area contributed by atoms with E-state index < -0.39 is 32.6 Å².